The van der Waals surface area contributed by atoms with Crippen molar-refractivity contribution in [3.05, 3.63) is 89.7 Å². The molecule has 0 aliphatic heterocycles. The van der Waals surface area contributed by atoms with Gasteiger partial charge in [-0.25, -0.2) is 4.98 Å². The van der Waals surface area contributed by atoms with Crippen LogP contribution in [0.15, 0.2) is 72.9 Å². The van der Waals surface area contributed by atoms with Crippen LogP contribution >= 0.6 is 0 Å². The number of pyridine rings is 1. The van der Waals surface area contributed by atoms with Gasteiger partial charge in [0.1, 0.15) is 5.82 Å². The average Bonchev–Trinajstić information content (AvgIpc) is 3.27. The van der Waals surface area contributed by atoms with Gasteiger partial charge in [0.25, 0.3) is 0 Å². The van der Waals surface area contributed by atoms with E-state index in [0.29, 0.717) is 17.9 Å². The van der Waals surface area contributed by atoms with Gasteiger partial charge in [-0.3, -0.25) is 5.10 Å². The summed E-state index contributed by atoms with van der Waals surface area (Å²) in [6.45, 7) is 0.347. The first kappa shape index (κ1) is 20.2. The van der Waals surface area contributed by atoms with Crippen LogP contribution in [0.25, 0.3) is 22.4 Å². The lowest BCUT2D eigenvalue weighted by molar-refractivity contribution is -0.137. The van der Waals surface area contributed by atoms with Crippen molar-refractivity contribution in [2.24, 2.45) is 0 Å². The van der Waals surface area contributed by atoms with Crippen LogP contribution < -0.4 is 5.32 Å². The van der Waals surface area contributed by atoms with Gasteiger partial charge in [-0.05, 0) is 47.0 Å². The zero-order chi connectivity index (χ0) is 21.8. The number of nitrogens with zero attached hydrogens (tertiary/aromatic N) is 3. The van der Waals surface area contributed by atoms with Crippen molar-refractivity contribution in [1.29, 1.82) is 5.26 Å². The second kappa shape index (κ2) is 8.32. The molecule has 0 radical (unpaired) electrons. The van der Waals surface area contributed by atoms with Gasteiger partial charge in [0.2, 0.25) is 0 Å². The summed E-state index contributed by atoms with van der Waals surface area (Å²) < 4.78 is 40.5. The van der Waals surface area contributed by atoms with Crippen molar-refractivity contribution in [1.82, 2.24) is 15.2 Å². The molecule has 0 saturated heterocycles. The van der Waals surface area contributed by atoms with Crippen LogP contribution in [0.3, 0.4) is 0 Å². The first-order chi connectivity index (χ1) is 14.9. The van der Waals surface area contributed by atoms with Crippen molar-refractivity contribution in [2.75, 3.05) is 5.32 Å². The van der Waals surface area contributed by atoms with E-state index in [1.54, 1.807) is 12.1 Å². The smallest absolute Gasteiger partial charge is 0.364 e. The summed E-state index contributed by atoms with van der Waals surface area (Å²) in [5, 5.41) is 19.3. The molecule has 4 rings (SSSR count). The summed E-state index contributed by atoms with van der Waals surface area (Å²) >= 11 is 0. The number of aromatic nitrogens is 3. The van der Waals surface area contributed by atoms with Crippen LogP contribution in [0, 0.1) is 11.3 Å². The molecule has 31 heavy (non-hydrogen) atoms. The lowest BCUT2D eigenvalue weighted by Crippen LogP contribution is -2.08. The lowest BCUT2D eigenvalue weighted by atomic mass is 9.98. The zero-order valence-corrected chi connectivity index (χ0v) is 16.1. The number of hydrogen-bond donors (Lipinski definition) is 2. The predicted octanol–water partition coefficient (Wildman–Crippen LogP) is 5.64. The van der Waals surface area contributed by atoms with Crippen molar-refractivity contribution < 1.29 is 13.2 Å². The summed E-state index contributed by atoms with van der Waals surface area (Å²) in [5.74, 6) is 0.416. The molecule has 154 valence electrons. The largest absolute Gasteiger partial charge is 0.417 e. The summed E-state index contributed by atoms with van der Waals surface area (Å²) in [6.07, 6.45) is -3.14. The minimum absolute atomic E-state index is 0.0110. The maximum Gasteiger partial charge on any atom is 0.417 e. The second-order valence-corrected chi connectivity index (χ2v) is 6.79. The minimum atomic E-state index is -4.58. The molecule has 2 aromatic heterocycles. The highest BCUT2D eigenvalue weighted by Crippen LogP contribution is 2.38. The molecule has 2 heterocycles. The molecule has 0 unspecified atom stereocenters. The molecule has 8 heteroatoms. The first-order valence-electron chi connectivity index (χ1n) is 9.35. The van der Waals surface area contributed by atoms with E-state index in [2.05, 4.69) is 20.5 Å². The lowest BCUT2D eigenvalue weighted by Gasteiger charge is -2.14. The Labute approximate surface area is 176 Å². The van der Waals surface area contributed by atoms with Crippen LogP contribution in [0.5, 0.6) is 0 Å². The van der Waals surface area contributed by atoms with E-state index < -0.39 is 11.7 Å². The van der Waals surface area contributed by atoms with E-state index in [1.165, 1.54) is 24.4 Å². The van der Waals surface area contributed by atoms with E-state index in [0.717, 1.165) is 23.0 Å². The fraction of sp³-hybridized carbons (Fsp3) is 0.0870. The molecular formula is C23H16F3N5. The van der Waals surface area contributed by atoms with Crippen LogP contribution in [-0.2, 0) is 12.7 Å². The molecule has 0 bridgehead atoms. The summed E-state index contributed by atoms with van der Waals surface area (Å²) in [4.78, 5) is 4.19. The molecule has 2 N–H and O–H groups in total. The molecule has 2 aromatic carbocycles. The van der Waals surface area contributed by atoms with Gasteiger partial charge in [0.05, 0.1) is 35.1 Å². The minimum Gasteiger partial charge on any atom is -0.364 e. The third-order valence-corrected chi connectivity index (χ3v) is 4.69. The van der Waals surface area contributed by atoms with Crippen molar-refractivity contribution in [3.63, 3.8) is 0 Å². The van der Waals surface area contributed by atoms with Crippen molar-refractivity contribution in [2.45, 2.75) is 12.7 Å². The number of aromatic amines is 1. The highest BCUT2D eigenvalue weighted by Gasteiger charge is 2.34. The third-order valence-electron chi connectivity index (χ3n) is 4.69. The van der Waals surface area contributed by atoms with Gasteiger partial charge < -0.3 is 5.32 Å². The fourth-order valence-electron chi connectivity index (χ4n) is 3.20. The number of hydrogen-bond acceptors (Lipinski definition) is 4. The van der Waals surface area contributed by atoms with Crippen LogP contribution in [-0.4, -0.2) is 15.2 Å². The number of alkyl halides is 3. The number of H-pyrrole nitrogens is 1. The Morgan fingerprint density at radius 1 is 0.968 bits per heavy atom. The van der Waals surface area contributed by atoms with Crippen LogP contribution in [0.2, 0.25) is 0 Å². The molecule has 0 aliphatic rings. The molecule has 0 atom stereocenters. The van der Waals surface area contributed by atoms with E-state index in [4.69, 9.17) is 5.26 Å². The number of nitriles is 1. The standard InChI is InChI=1S/C23H16F3N5/c24-23(25,26)20-10-15(13-27)6-7-19(20)17-8-9-28-22(11-17)29-14-18-12-21(31-30-18)16-4-2-1-3-5-16/h1-12H,14H2,(H,28,29)(H,30,31). The second-order valence-electron chi connectivity index (χ2n) is 6.79. The summed E-state index contributed by atoms with van der Waals surface area (Å²) in [7, 11) is 0. The third kappa shape index (κ3) is 4.56. The van der Waals surface area contributed by atoms with Crippen molar-refractivity contribution in [3.8, 4) is 28.5 Å². The Kier molecular flexibility index (Phi) is 5.41. The Morgan fingerprint density at radius 3 is 2.52 bits per heavy atom. The molecule has 0 saturated carbocycles. The Morgan fingerprint density at radius 2 is 1.77 bits per heavy atom. The van der Waals surface area contributed by atoms with Gasteiger partial charge in [-0.2, -0.15) is 23.5 Å². The molecule has 4 aromatic rings. The average molecular weight is 419 g/mol. The molecule has 0 fully saturated rings. The Balaban J connectivity index is 1.55. The van der Waals surface area contributed by atoms with E-state index in [9.17, 15) is 13.2 Å². The summed E-state index contributed by atoms with van der Waals surface area (Å²) in [6, 6.07) is 19.9. The predicted molar refractivity (Wildman–Crippen MR) is 111 cm³/mol. The molecule has 0 aliphatic carbocycles. The first-order valence-corrected chi connectivity index (χ1v) is 9.35. The number of benzene rings is 2. The SMILES string of the molecule is N#Cc1ccc(-c2ccnc(NCc3cc(-c4ccccc4)[nH]n3)c2)c(C(F)(F)F)c1. The quantitative estimate of drug-likeness (QED) is 0.439. The van der Waals surface area contributed by atoms with E-state index in [-0.39, 0.29) is 11.1 Å². The van der Waals surface area contributed by atoms with E-state index >= 15 is 0 Å². The maximum absolute atomic E-state index is 13.5. The van der Waals surface area contributed by atoms with Gasteiger partial charge in [-0.1, -0.05) is 36.4 Å². The maximum atomic E-state index is 13.5. The Bertz CT molecular complexity index is 1240. The van der Waals surface area contributed by atoms with Crippen molar-refractivity contribution >= 4 is 5.82 Å². The number of anilines is 1. The van der Waals surface area contributed by atoms with Gasteiger partial charge >= 0.3 is 6.18 Å². The van der Waals surface area contributed by atoms with Crippen LogP contribution in [0.1, 0.15) is 16.8 Å². The topological polar surface area (TPSA) is 77.4 Å². The van der Waals surface area contributed by atoms with Crippen LogP contribution in [0.4, 0.5) is 19.0 Å². The number of rotatable bonds is 5. The highest BCUT2D eigenvalue weighted by molar-refractivity contribution is 5.71. The van der Waals surface area contributed by atoms with Gasteiger partial charge in [0, 0.05) is 6.20 Å². The molecular weight excluding hydrogens is 403 g/mol. The summed E-state index contributed by atoms with van der Waals surface area (Å²) in [5.41, 5.74) is 2.04. The van der Waals surface area contributed by atoms with Gasteiger partial charge in [0.15, 0.2) is 0 Å². The highest BCUT2D eigenvalue weighted by atomic mass is 19.4. The fourth-order valence-corrected chi connectivity index (χ4v) is 3.20. The molecule has 5 nitrogen and oxygen atoms in total. The molecule has 0 amide bonds. The number of halogens is 3. The monoisotopic (exact) mass is 419 g/mol. The van der Waals surface area contributed by atoms with E-state index in [1.807, 2.05) is 36.4 Å². The normalized spacial score (nSPS) is 11.2. The Hall–Kier alpha value is -4.12. The van der Waals surface area contributed by atoms with Gasteiger partial charge in [-0.15, -0.1) is 0 Å². The zero-order valence-electron chi connectivity index (χ0n) is 16.1. The number of nitrogens with one attached hydrogen (secondary N) is 2. The molecule has 0 spiro atoms.